The molecule has 2 aromatic rings. The quantitative estimate of drug-likeness (QED) is 0.841. The minimum Gasteiger partial charge on any atom is -0.392 e. The second-order valence-electron chi connectivity index (χ2n) is 8.31. The largest absolute Gasteiger partial charge is 0.392 e. The smallest absolute Gasteiger partial charge is 0.270 e. The first-order chi connectivity index (χ1) is 11.3. The van der Waals surface area contributed by atoms with E-state index in [0.717, 1.165) is 24.0 Å². The Bertz CT molecular complexity index is 746. The summed E-state index contributed by atoms with van der Waals surface area (Å²) >= 11 is 0. The summed E-state index contributed by atoms with van der Waals surface area (Å²) in [4.78, 5) is 20.5. The molecule has 0 saturated carbocycles. The van der Waals surface area contributed by atoms with Crippen LogP contribution in [0.3, 0.4) is 0 Å². The van der Waals surface area contributed by atoms with Gasteiger partial charge in [-0.15, -0.1) is 0 Å². The fraction of sp³-hybridized carbons (Fsp3) is 0.526. The van der Waals surface area contributed by atoms with E-state index in [1.54, 1.807) is 0 Å². The van der Waals surface area contributed by atoms with Gasteiger partial charge < -0.3 is 19.9 Å². The number of aromatic nitrogens is 1. The summed E-state index contributed by atoms with van der Waals surface area (Å²) < 4.78 is 0. The summed E-state index contributed by atoms with van der Waals surface area (Å²) in [5.41, 5.74) is 1.03. The highest BCUT2D eigenvalue weighted by molar-refractivity contribution is 5.98. The molecule has 2 atom stereocenters. The third-order valence-corrected chi connectivity index (χ3v) is 5.73. The Balaban J connectivity index is 1.66. The molecular weight excluding hydrogens is 302 g/mol. The molecule has 5 heteroatoms. The van der Waals surface area contributed by atoms with E-state index in [1.807, 2.05) is 35.2 Å². The lowest BCUT2D eigenvalue weighted by Gasteiger charge is -2.59. The molecule has 2 saturated heterocycles. The molecule has 0 radical (unpaired) electrons. The molecule has 5 nitrogen and oxygen atoms in total. The summed E-state index contributed by atoms with van der Waals surface area (Å²) in [6.45, 7) is 6.97. The first kappa shape index (κ1) is 15.7. The van der Waals surface area contributed by atoms with Crippen molar-refractivity contribution in [1.29, 1.82) is 0 Å². The average Bonchev–Trinajstić information content (AvgIpc) is 2.93. The SMILES string of the molecule is CN1CC2(C)CN(C(=O)c3cc4ccccc4[nH]3)CC(C)(C1)C2O. The number of hydrogen-bond donors (Lipinski definition) is 2. The van der Waals surface area contributed by atoms with E-state index in [1.165, 1.54) is 0 Å². The van der Waals surface area contributed by atoms with Gasteiger partial charge in [0.2, 0.25) is 0 Å². The van der Waals surface area contributed by atoms with E-state index in [-0.39, 0.29) is 22.8 Å². The van der Waals surface area contributed by atoms with Gasteiger partial charge in [0.05, 0.1) is 6.10 Å². The van der Waals surface area contributed by atoms with Crippen molar-refractivity contribution in [3.8, 4) is 0 Å². The number of aliphatic hydroxyl groups is 1. The third-order valence-electron chi connectivity index (χ3n) is 5.73. The zero-order valence-electron chi connectivity index (χ0n) is 14.5. The zero-order valence-corrected chi connectivity index (χ0v) is 14.5. The third kappa shape index (κ3) is 2.26. The van der Waals surface area contributed by atoms with Crippen molar-refractivity contribution in [3.05, 3.63) is 36.0 Å². The number of likely N-dealkylation sites (tertiary alicyclic amines) is 2. The molecule has 1 aromatic heterocycles. The number of benzene rings is 1. The topological polar surface area (TPSA) is 59.6 Å². The molecular formula is C19H25N3O2. The first-order valence-corrected chi connectivity index (χ1v) is 8.54. The zero-order chi connectivity index (χ0) is 17.1. The van der Waals surface area contributed by atoms with Gasteiger partial charge in [-0.3, -0.25) is 4.79 Å². The van der Waals surface area contributed by atoms with E-state index < -0.39 is 0 Å². The molecule has 4 rings (SSSR count). The number of hydrogen-bond acceptors (Lipinski definition) is 3. The maximum absolute atomic E-state index is 13.1. The first-order valence-electron chi connectivity index (χ1n) is 8.54. The molecule has 2 bridgehead atoms. The second kappa shape index (κ2) is 5.07. The highest BCUT2D eigenvalue weighted by Gasteiger charge is 2.55. The molecule has 1 aromatic carbocycles. The number of nitrogens with zero attached hydrogens (tertiary/aromatic N) is 2. The van der Waals surface area contributed by atoms with E-state index in [4.69, 9.17) is 0 Å². The van der Waals surface area contributed by atoms with Gasteiger partial charge in [0.25, 0.3) is 5.91 Å². The predicted molar refractivity (Wildman–Crippen MR) is 93.9 cm³/mol. The van der Waals surface area contributed by atoms with Crippen molar-refractivity contribution in [3.63, 3.8) is 0 Å². The Hall–Kier alpha value is -1.85. The van der Waals surface area contributed by atoms with Crippen molar-refractivity contribution in [2.24, 2.45) is 10.8 Å². The van der Waals surface area contributed by atoms with Gasteiger partial charge in [-0.25, -0.2) is 0 Å². The summed E-state index contributed by atoms with van der Waals surface area (Å²) in [5, 5.41) is 11.9. The Kier molecular flexibility index (Phi) is 3.31. The minimum atomic E-state index is -0.382. The maximum Gasteiger partial charge on any atom is 0.270 e. The average molecular weight is 327 g/mol. The van der Waals surface area contributed by atoms with Crippen LogP contribution in [0.25, 0.3) is 10.9 Å². The summed E-state index contributed by atoms with van der Waals surface area (Å²) in [6.07, 6.45) is -0.382. The normalized spacial score (nSPS) is 33.8. The van der Waals surface area contributed by atoms with Crippen LogP contribution in [-0.2, 0) is 0 Å². The van der Waals surface area contributed by atoms with E-state index in [9.17, 15) is 9.90 Å². The van der Waals surface area contributed by atoms with Crippen molar-refractivity contribution in [1.82, 2.24) is 14.8 Å². The molecule has 24 heavy (non-hydrogen) atoms. The van der Waals surface area contributed by atoms with Crippen molar-refractivity contribution in [2.45, 2.75) is 20.0 Å². The molecule has 2 unspecified atom stereocenters. The second-order valence-corrected chi connectivity index (χ2v) is 8.31. The fourth-order valence-electron chi connectivity index (χ4n) is 5.01. The van der Waals surface area contributed by atoms with E-state index in [0.29, 0.717) is 18.8 Å². The van der Waals surface area contributed by atoms with Gasteiger partial charge in [-0.1, -0.05) is 32.0 Å². The van der Waals surface area contributed by atoms with Crippen LogP contribution < -0.4 is 0 Å². The molecule has 3 heterocycles. The molecule has 2 aliphatic rings. The highest BCUT2D eigenvalue weighted by atomic mass is 16.3. The Morgan fingerprint density at radius 3 is 2.42 bits per heavy atom. The van der Waals surface area contributed by atoms with Crippen LogP contribution in [0.15, 0.2) is 30.3 Å². The predicted octanol–water partition coefficient (Wildman–Crippen LogP) is 1.94. The van der Waals surface area contributed by atoms with Gasteiger partial charge in [-0.05, 0) is 19.2 Å². The van der Waals surface area contributed by atoms with Crippen LogP contribution in [0.2, 0.25) is 0 Å². The van der Waals surface area contributed by atoms with E-state index in [2.05, 4.69) is 30.8 Å². The Morgan fingerprint density at radius 2 is 1.79 bits per heavy atom. The minimum absolute atomic E-state index is 0.0279. The van der Waals surface area contributed by atoms with Gasteiger partial charge in [-0.2, -0.15) is 0 Å². The number of rotatable bonds is 1. The number of H-pyrrole nitrogens is 1. The van der Waals surface area contributed by atoms with Crippen LogP contribution in [0.1, 0.15) is 24.3 Å². The highest BCUT2D eigenvalue weighted by Crippen LogP contribution is 2.45. The number of piperidine rings is 2. The number of para-hydroxylation sites is 1. The molecule has 2 fully saturated rings. The lowest BCUT2D eigenvalue weighted by Crippen LogP contribution is -2.70. The molecule has 0 spiro atoms. The number of carbonyl (C=O) groups is 1. The van der Waals surface area contributed by atoms with Gasteiger partial charge in [0.1, 0.15) is 5.69 Å². The number of amides is 1. The van der Waals surface area contributed by atoms with Gasteiger partial charge >= 0.3 is 0 Å². The lowest BCUT2D eigenvalue weighted by atomic mass is 9.63. The lowest BCUT2D eigenvalue weighted by molar-refractivity contribution is -0.161. The summed E-state index contributed by atoms with van der Waals surface area (Å²) in [5.74, 6) is 0.0279. The number of carbonyl (C=O) groups excluding carboxylic acids is 1. The van der Waals surface area contributed by atoms with Crippen molar-refractivity contribution in [2.75, 3.05) is 33.2 Å². The molecule has 1 amide bonds. The van der Waals surface area contributed by atoms with Crippen molar-refractivity contribution >= 4 is 16.8 Å². The standard InChI is InChI=1S/C19H25N3O2/c1-18-9-21(3)10-19(2,17(18)24)12-22(11-18)16(23)15-8-13-6-4-5-7-14(13)20-15/h4-8,17,20,24H,9-12H2,1-3H3. The van der Waals surface area contributed by atoms with Crippen LogP contribution in [0.5, 0.6) is 0 Å². The van der Waals surface area contributed by atoms with Crippen LogP contribution in [0, 0.1) is 10.8 Å². The van der Waals surface area contributed by atoms with Gasteiger partial charge in [0.15, 0.2) is 0 Å². The maximum atomic E-state index is 13.1. The van der Waals surface area contributed by atoms with E-state index >= 15 is 0 Å². The molecule has 0 aliphatic carbocycles. The van der Waals surface area contributed by atoms with Gasteiger partial charge in [0, 0.05) is 47.9 Å². The summed E-state index contributed by atoms with van der Waals surface area (Å²) in [7, 11) is 2.09. The Morgan fingerprint density at radius 1 is 1.17 bits per heavy atom. The number of aliphatic hydroxyl groups excluding tert-OH is 1. The number of fused-ring (bicyclic) bond motifs is 3. The van der Waals surface area contributed by atoms with Crippen LogP contribution >= 0.6 is 0 Å². The number of aromatic amines is 1. The van der Waals surface area contributed by atoms with Crippen LogP contribution in [0.4, 0.5) is 0 Å². The summed E-state index contributed by atoms with van der Waals surface area (Å²) in [6, 6.07) is 9.86. The molecule has 128 valence electrons. The monoisotopic (exact) mass is 327 g/mol. The fourth-order valence-corrected chi connectivity index (χ4v) is 5.01. The molecule has 2 aliphatic heterocycles. The Labute approximate surface area is 142 Å². The number of nitrogens with one attached hydrogen (secondary N) is 1. The van der Waals surface area contributed by atoms with Crippen LogP contribution in [-0.4, -0.2) is 65.1 Å². The molecule has 2 N–H and O–H groups in total. The van der Waals surface area contributed by atoms with Crippen molar-refractivity contribution < 1.29 is 9.90 Å².